The van der Waals surface area contributed by atoms with Crippen LogP contribution in [-0.4, -0.2) is 43.3 Å². The van der Waals surface area contributed by atoms with E-state index in [-0.39, 0.29) is 24.0 Å². The van der Waals surface area contributed by atoms with Gasteiger partial charge in [-0.25, -0.2) is 12.7 Å². The third kappa shape index (κ3) is 5.04. The number of nitrogens with one attached hydrogen (secondary N) is 1. The third-order valence-corrected chi connectivity index (χ3v) is 7.12. The Balaban J connectivity index is 1.81. The summed E-state index contributed by atoms with van der Waals surface area (Å²) in [7, 11) is -3.34. The van der Waals surface area contributed by atoms with Crippen LogP contribution in [-0.2, 0) is 14.8 Å². The number of nitrogens with zero attached hydrogens (tertiary/aromatic N) is 1. The molecule has 1 heterocycles. The van der Waals surface area contributed by atoms with E-state index in [0.29, 0.717) is 41.2 Å². The number of rotatable bonds is 6. The van der Waals surface area contributed by atoms with Gasteiger partial charge in [-0.2, -0.15) is 0 Å². The number of benzene rings is 2. The maximum Gasteiger partial charge on any atom is 0.228 e. The molecule has 1 N–H and O–H groups in total. The van der Waals surface area contributed by atoms with Gasteiger partial charge in [0, 0.05) is 29.2 Å². The van der Waals surface area contributed by atoms with E-state index in [9.17, 15) is 18.0 Å². The molecule has 0 spiro atoms. The molecule has 154 valence electrons. The number of piperidine rings is 1. The van der Waals surface area contributed by atoms with Gasteiger partial charge in [0.2, 0.25) is 15.9 Å². The fourth-order valence-corrected chi connectivity index (χ4v) is 4.74. The molecule has 8 heteroatoms. The third-order valence-electron chi connectivity index (χ3n) is 5.03. The van der Waals surface area contributed by atoms with Crippen LogP contribution in [0.3, 0.4) is 0 Å². The Morgan fingerprint density at radius 2 is 1.90 bits per heavy atom. The summed E-state index contributed by atoms with van der Waals surface area (Å²) in [5, 5.41) is 3.20. The fourth-order valence-electron chi connectivity index (χ4n) is 3.38. The summed E-state index contributed by atoms with van der Waals surface area (Å²) in [5.74, 6) is -1.01. The molecule has 6 nitrogen and oxygen atoms in total. The van der Waals surface area contributed by atoms with Crippen LogP contribution in [0.5, 0.6) is 0 Å². The molecule has 1 atom stereocenters. The minimum absolute atomic E-state index is 0.00818. The van der Waals surface area contributed by atoms with Crippen molar-refractivity contribution in [3.8, 4) is 0 Å². The molecule has 1 fully saturated rings. The van der Waals surface area contributed by atoms with Gasteiger partial charge in [-0.3, -0.25) is 9.59 Å². The van der Waals surface area contributed by atoms with Crippen molar-refractivity contribution in [3.63, 3.8) is 0 Å². The maximum atomic E-state index is 12.9. The molecule has 29 heavy (non-hydrogen) atoms. The maximum absolute atomic E-state index is 12.9. The molecule has 3 rings (SSSR count). The molecule has 0 radical (unpaired) electrons. The van der Waals surface area contributed by atoms with Crippen LogP contribution in [0.15, 0.2) is 48.5 Å². The van der Waals surface area contributed by atoms with Crippen molar-refractivity contribution < 1.29 is 18.0 Å². The predicted molar refractivity (Wildman–Crippen MR) is 114 cm³/mol. The lowest BCUT2D eigenvalue weighted by atomic mass is 9.97. The normalized spacial score (nSPS) is 17.7. The summed E-state index contributed by atoms with van der Waals surface area (Å²) >= 11 is 6.08. The first-order valence-corrected chi connectivity index (χ1v) is 11.5. The summed E-state index contributed by atoms with van der Waals surface area (Å²) in [6, 6.07) is 13.5. The minimum atomic E-state index is -3.34. The summed E-state index contributed by atoms with van der Waals surface area (Å²) < 4.78 is 25.7. The standard InChI is InChI=1S/C21H23ClN2O4S/c1-2-29(27,28)24-12-6-9-16(14-24)21(26)23-19-11-10-17(22)13-18(19)20(25)15-7-4-3-5-8-15/h3-5,7-8,10-11,13,16H,2,6,9,12,14H2,1H3,(H,23,26)/t16-/m1/s1. The highest BCUT2D eigenvalue weighted by molar-refractivity contribution is 7.89. The number of carbonyl (C=O) groups is 2. The van der Waals surface area contributed by atoms with Gasteiger partial charge in [0.15, 0.2) is 5.78 Å². The number of hydrogen-bond donors (Lipinski definition) is 1. The average molecular weight is 435 g/mol. The zero-order valence-corrected chi connectivity index (χ0v) is 17.7. The van der Waals surface area contributed by atoms with Crippen molar-refractivity contribution >= 4 is 39.0 Å². The van der Waals surface area contributed by atoms with E-state index in [4.69, 9.17) is 11.6 Å². The molecule has 2 aromatic carbocycles. The van der Waals surface area contributed by atoms with Gasteiger partial charge in [-0.05, 0) is 38.0 Å². The van der Waals surface area contributed by atoms with Crippen LogP contribution < -0.4 is 5.32 Å². The number of amides is 1. The van der Waals surface area contributed by atoms with Gasteiger partial charge in [0.25, 0.3) is 0 Å². The van der Waals surface area contributed by atoms with Crippen LogP contribution >= 0.6 is 11.6 Å². The molecule has 2 aromatic rings. The topological polar surface area (TPSA) is 83.6 Å². The number of halogens is 1. The van der Waals surface area contributed by atoms with E-state index in [1.807, 2.05) is 6.07 Å². The Kier molecular flexibility index (Phi) is 6.72. The van der Waals surface area contributed by atoms with Crippen molar-refractivity contribution in [2.45, 2.75) is 19.8 Å². The molecule has 0 unspecified atom stereocenters. The molecule has 1 amide bonds. The number of sulfonamides is 1. The van der Waals surface area contributed by atoms with Crippen molar-refractivity contribution in [1.29, 1.82) is 0 Å². The summed E-state index contributed by atoms with van der Waals surface area (Å²) in [4.78, 5) is 25.7. The average Bonchev–Trinajstić information content (AvgIpc) is 2.75. The van der Waals surface area contributed by atoms with E-state index in [2.05, 4.69) is 5.32 Å². The molecule has 0 aromatic heterocycles. The number of hydrogen-bond acceptors (Lipinski definition) is 4. The Labute approximate surface area is 175 Å². The van der Waals surface area contributed by atoms with Gasteiger partial charge in [-0.15, -0.1) is 0 Å². The van der Waals surface area contributed by atoms with E-state index in [1.165, 1.54) is 10.4 Å². The first kappa shape index (κ1) is 21.5. The van der Waals surface area contributed by atoms with Gasteiger partial charge < -0.3 is 5.32 Å². The Bertz CT molecular complexity index is 1010. The van der Waals surface area contributed by atoms with Crippen LogP contribution in [0, 0.1) is 5.92 Å². The van der Waals surface area contributed by atoms with Crippen LogP contribution in [0.25, 0.3) is 0 Å². The highest BCUT2D eigenvalue weighted by Crippen LogP contribution is 2.26. The predicted octanol–water partition coefficient (Wildman–Crippen LogP) is 3.57. The van der Waals surface area contributed by atoms with Gasteiger partial charge in [0.05, 0.1) is 17.4 Å². The molecule has 0 bridgehead atoms. The van der Waals surface area contributed by atoms with Crippen molar-refractivity contribution in [2.24, 2.45) is 5.92 Å². The molecule has 0 aliphatic carbocycles. The number of anilines is 1. The summed E-state index contributed by atoms with van der Waals surface area (Å²) in [6.45, 7) is 2.17. The fraction of sp³-hybridized carbons (Fsp3) is 0.333. The summed E-state index contributed by atoms with van der Waals surface area (Å²) in [5.41, 5.74) is 1.15. The van der Waals surface area contributed by atoms with Gasteiger partial charge in [0.1, 0.15) is 0 Å². The molecular formula is C21H23ClN2O4S. The second kappa shape index (κ2) is 9.07. The molecular weight excluding hydrogens is 412 g/mol. The zero-order valence-electron chi connectivity index (χ0n) is 16.1. The van der Waals surface area contributed by atoms with E-state index < -0.39 is 15.9 Å². The zero-order chi connectivity index (χ0) is 21.0. The van der Waals surface area contributed by atoms with Crippen molar-refractivity contribution in [3.05, 3.63) is 64.7 Å². The first-order valence-electron chi connectivity index (χ1n) is 9.50. The first-order chi connectivity index (χ1) is 13.8. The smallest absolute Gasteiger partial charge is 0.228 e. The molecule has 1 aliphatic rings. The molecule has 1 aliphatic heterocycles. The second-order valence-electron chi connectivity index (χ2n) is 6.97. The quantitative estimate of drug-likeness (QED) is 0.704. The minimum Gasteiger partial charge on any atom is -0.325 e. The Morgan fingerprint density at radius 3 is 2.59 bits per heavy atom. The van der Waals surface area contributed by atoms with Crippen molar-refractivity contribution in [1.82, 2.24) is 4.31 Å². The number of ketones is 1. The second-order valence-corrected chi connectivity index (χ2v) is 9.67. The van der Waals surface area contributed by atoms with E-state index in [0.717, 1.165) is 0 Å². The largest absolute Gasteiger partial charge is 0.325 e. The highest BCUT2D eigenvalue weighted by atomic mass is 35.5. The lowest BCUT2D eigenvalue weighted by Gasteiger charge is -2.31. The summed E-state index contributed by atoms with van der Waals surface area (Å²) in [6.07, 6.45) is 1.21. The van der Waals surface area contributed by atoms with E-state index >= 15 is 0 Å². The van der Waals surface area contributed by atoms with Crippen LogP contribution in [0.4, 0.5) is 5.69 Å². The van der Waals surface area contributed by atoms with E-state index in [1.54, 1.807) is 43.3 Å². The Hall–Kier alpha value is -2.22. The van der Waals surface area contributed by atoms with Crippen LogP contribution in [0.2, 0.25) is 5.02 Å². The van der Waals surface area contributed by atoms with Crippen molar-refractivity contribution in [2.75, 3.05) is 24.2 Å². The lowest BCUT2D eigenvalue weighted by molar-refractivity contribution is -0.120. The lowest BCUT2D eigenvalue weighted by Crippen LogP contribution is -2.44. The Morgan fingerprint density at radius 1 is 1.17 bits per heavy atom. The molecule has 0 saturated carbocycles. The monoisotopic (exact) mass is 434 g/mol. The van der Waals surface area contributed by atoms with Gasteiger partial charge in [-0.1, -0.05) is 41.9 Å². The van der Waals surface area contributed by atoms with Crippen LogP contribution in [0.1, 0.15) is 35.7 Å². The highest BCUT2D eigenvalue weighted by Gasteiger charge is 2.32. The van der Waals surface area contributed by atoms with Gasteiger partial charge >= 0.3 is 0 Å². The number of carbonyl (C=O) groups excluding carboxylic acids is 2. The SMILES string of the molecule is CCS(=O)(=O)N1CCC[C@@H](C(=O)Nc2ccc(Cl)cc2C(=O)c2ccccc2)C1. The molecule has 1 saturated heterocycles.